The summed E-state index contributed by atoms with van der Waals surface area (Å²) < 4.78 is 0.925. The van der Waals surface area contributed by atoms with Gasteiger partial charge in [-0.25, -0.2) is 0 Å². The second-order valence-electron chi connectivity index (χ2n) is 6.78. The highest BCUT2D eigenvalue weighted by atomic mass is 79.9. The maximum Gasteiger partial charge on any atom is 0.227 e. The Balaban J connectivity index is 1.63. The van der Waals surface area contributed by atoms with Crippen molar-refractivity contribution in [1.82, 2.24) is 5.32 Å². The number of benzene rings is 1. The van der Waals surface area contributed by atoms with Crippen LogP contribution in [-0.4, -0.2) is 30.9 Å². The molecule has 5 nitrogen and oxygen atoms in total. The van der Waals surface area contributed by atoms with Crippen molar-refractivity contribution >= 4 is 33.4 Å². The molecule has 1 aromatic carbocycles. The van der Waals surface area contributed by atoms with Crippen molar-refractivity contribution in [2.75, 3.05) is 18.0 Å². The normalized spacial score (nSPS) is 27.3. The van der Waals surface area contributed by atoms with Gasteiger partial charge >= 0.3 is 0 Å². The van der Waals surface area contributed by atoms with Gasteiger partial charge in [0.25, 0.3) is 0 Å². The molecule has 1 saturated heterocycles. The maximum atomic E-state index is 12.6. The first-order valence-electron chi connectivity index (χ1n) is 8.65. The number of rotatable bonds is 4. The van der Waals surface area contributed by atoms with E-state index in [0.717, 1.165) is 29.4 Å². The van der Waals surface area contributed by atoms with E-state index in [2.05, 4.69) is 21.2 Å². The first-order valence-corrected chi connectivity index (χ1v) is 9.44. The molecule has 2 aliphatic rings. The van der Waals surface area contributed by atoms with Crippen molar-refractivity contribution in [1.29, 1.82) is 0 Å². The Hall–Kier alpha value is -1.40. The fourth-order valence-corrected chi connectivity index (χ4v) is 4.14. The first-order chi connectivity index (χ1) is 11.6. The number of hydrogen-bond donors (Lipinski definition) is 2. The van der Waals surface area contributed by atoms with Crippen molar-refractivity contribution in [2.24, 2.45) is 17.6 Å². The van der Waals surface area contributed by atoms with Crippen LogP contribution in [0.1, 0.15) is 32.1 Å². The van der Waals surface area contributed by atoms with Crippen LogP contribution < -0.4 is 16.0 Å². The molecule has 0 spiro atoms. The Morgan fingerprint density at radius 1 is 1.33 bits per heavy atom. The molecule has 24 heavy (non-hydrogen) atoms. The Morgan fingerprint density at radius 2 is 2.12 bits per heavy atom. The van der Waals surface area contributed by atoms with E-state index in [9.17, 15) is 9.59 Å². The summed E-state index contributed by atoms with van der Waals surface area (Å²) in [7, 11) is 0. The summed E-state index contributed by atoms with van der Waals surface area (Å²) in [6.45, 7) is 1.06. The summed E-state index contributed by atoms with van der Waals surface area (Å²) in [6, 6.07) is 7.78. The van der Waals surface area contributed by atoms with E-state index in [4.69, 9.17) is 5.73 Å². The fourth-order valence-electron chi connectivity index (χ4n) is 3.76. The largest absolute Gasteiger partial charge is 0.353 e. The third kappa shape index (κ3) is 3.81. The third-order valence-electron chi connectivity index (χ3n) is 5.16. The van der Waals surface area contributed by atoms with Gasteiger partial charge in [0.1, 0.15) is 0 Å². The van der Waals surface area contributed by atoms with Crippen LogP contribution in [-0.2, 0) is 9.59 Å². The number of anilines is 1. The van der Waals surface area contributed by atoms with Crippen LogP contribution in [0.15, 0.2) is 28.7 Å². The predicted molar refractivity (Wildman–Crippen MR) is 97.5 cm³/mol. The third-order valence-corrected chi connectivity index (χ3v) is 5.65. The van der Waals surface area contributed by atoms with E-state index in [-0.39, 0.29) is 30.2 Å². The Labute approximate surface area is 151 Å². The van der Waals surface area contributed by atoms with Gasteiger partial charge in [0.2, 0.25) is 11.8 Å². The number of nitrogens with one attached hydrogen (secondary N) is 1. The van der Waals surface area contributed by atoms with Crippen molar-refractivity contribution in [3.05, 3.63) is 28.7 Å². The van der Waals surface area contributed by atoms with Crippen molar-refractivity contribution in [3.8, 4) is 0 Å². The van der Waals surface area contributed by atoms with E-state index in [1.807, 2.05) is 24.3 Å². The number of amides is 2. The lowest BCUT2D eigenvalue weighted by Crippen LogP contribution is -2.47. The zero-order valence-corrected chi connectivity index (χ0v) is 15.3. The molecular weight excluding hydrogens is 370 g/mol. The zero-order valence-electron chi connectivity index (χ0n) is 13.7. The number of halogens is 1. The highest BCUT2D eigenvalue weighted by molar-refractivity contribution is 9.10. The second kappa shape index (κ2) is 7.66. The quantitative estimate of drug-likeness (QED) is 0.824. The smallest absolute Gasteiger partial charge is 0.227 e. The number of hydrogen-bond acceptors (Lipinski definition) is 3. The van der Waals surface area contributed by atoms with E-state index >= 15 is 0 Å². The molecule has 2 amide bonds. The summed E-state index contributed by atoms with van der Waals surface area (Å²) in [6.07, 6.45) is 4.67. The molecule has 1 aliphatic heterocycles. The minimum atomic E-state index is -0.281. The maximum absolute atomic E-state index is 12.6. The molecule has 2 fully saturated rings. The van der Waals surface area contributed by atoms with Crippen molar-refractivity contribution in [2.45, 2.75) is 38.1 Å². The molecule has 1 heterocycles. The van der Waals surface area contributed by atoms with Gasteiger partial charge in [-0.2, -0.15) is 0 Å². The minimum Gasteiger partial charge on any atom is -0.353 e. The minimum absolute atomic E-state index is 0.00673. The van der Waals surface area contributed by atoms with Gasteiger partial charge < -0.3 is 16.0 Å². The summed E-state index contributed by atoms with van der Waals surface area (Å²) >= 11 is 3.42. The van der Waals surface area contributed by atoms with Crippen LogP contribution in [0.2, 0.25) is 0 Å². The molecule has 0 radical (unpaired) electrons. The molecule has 1 aliphatic carbocycles. The molecule has 3 rings (SSSR count). The number of nitrogens with zero attached hydrogens (tertiary/aromatic N) is 1. The molecule has 0 aromatic heterocycles. The van der Waals surface area contributed by atoms with Gasteiger partial charge in [-0.1, -0.05) is 34.8 Å². The molecule has 6 heteroatoms. The molecular formula is C18H24BrN3O2. The summed E-state index contributed by atoms with van der Waals surface area (Å²) in [4.78, 5) is 26.7. The monoisotopic (exact) mass is 393 g/mol. The summed E-state index contributed by atoms with van der Waals surface area (Å²) in [5.74, 6) is 0.0799. The Kier molecular flexibility index (Phi) is 5.56. The van der Waals surface area contributed by atoms with E-state index < -0.39 is 0 Å². The average Bonchev–Trinajstić information content (AvgIpc) is 2.97. The highest BCUT2D eigenvalue weighted by Crippen LogP contribution is 2.28. The molecule has 130 valence electrons. The standard InChI is InChI=1S/C18H24BrN3O2/c19-14-5-3-6-15(9-14)22-11-13(8-17(22)23)18(24)21-16-7-2-1-4-12(16)10-20/h3,5-6,9,12-13,16H,1-2,4,7-8,10-11,20H2,(H,21,24). The number of carbonyl (C=O) groups is 2. The van der Waals surface area contributed by atoms with Crippen LogP contribution >= 0.6 is 15.9 Å². The highest BCUT2D eigenvalue weighted by Gasteiger charge is 2.36. The van der Waals surface area contributed by atoms with Gasteiger partial charge in [0.05, 0.1) is 5.92 Å². The molecule has 1 aromatic rings. The molecule has 1 saturated carbocycles. The second-order valence-corrected chi connectivity index (χ2v) is 7.70. The summed E-state index contributed by atoms with van der Waals surface area (Å²) in [5.41, 5.74) is 6.67. The van der Waals surface area contributed by atoms with Gasteiger partial charge in [0, 0.05) is 29.2 Å². The van der Waals surface area contributed by atoms with Gasteiger partial charge in [-0.15, -0.1) is 0 Å². The SMILES string of the molecule is NCC1CCCCC1NC(=O)C1CC(=O)N(c2cccc(Br)c2)C1. The van der Waals surface area contributed by atoms with Gasteiger partial charge in [-0.05, 0) is 43.5 Å². The average molecular weight is 394 g/mol. The van der Waals surface area contributed by atoms with E-state index in [1.54, 1.807) is 4.90 Å². The topological polar surface area (TPSA) is 75.4 Å². The molecule has 3 atom stereocenters. The van der Waals surface area contributed by atoms with Gasteiger partial charge in [0.15, 0.2) is 0 Å². The van der Waals surface area contributed by atoms with Crippen LogP contribution in [0.4, 0.5) is 5.69 Å². The molecule has 3 unspecified atom stereocenters. The molecule has 0 bridgehead atoms. The van der Waals surface area contributed by atoms with Crippen LogP contribution in [0.3, 0.4) is 0 Å². The fraction of sp³-hybridized carbons (Fsp3) is 0.556. The Bertz CT molecular complexity index is 622. The van der Waals surface area contributed by atoms with Crippen LogP contribution in [0, 0.1) is 11.8 Å². The lowest BCUT2D eigenvalue weighted by Gasteiger charge is -2.32. The molecule has 3 N–H and O–H groups in total. The van der Waals surface area contributed by atoms with Crippen molar-refractivity contribution in [3.63, 3.8) is 0 Å². The van der Waals surface area contributed by atoms with E-state index in [1.165, 1.54) is 6.42 Å². The van der Waals surface area contributed by atoms with Crippen molar-refractivity contribution < 1.29 is 9.59 Å². The first kappa shape index (κ1) is 17.4. The summed E-state index contributed by atoms with van der Waals surface area (Å²) in [5, 5.41) is 3.16. The number of carbonyl (C=O) groups excluding carboxylic acids is 2. The van der Waals surface area contributed by atoms with Gasteiger partial charge in [-0.3, -0.25) is 9.59 Å². The Morgan fingerprint density at radius 3 is 2.88 bits per heavy atom. The predicted octanol–water partition coefficient (Wildman–Crippen LogP) is 2.44. The van der Waals surface area contributed by atoms with Crippen LogP contribution in [0.25, 0.3) is 0 Å². The van der Waals surface area contributed by atoms with Crippen LogP contribution in [0.5, 0.6) is 0 Å². The zero-order chi connectivity index (χ0) is 17.1. The lowest BCUT2D eigenvalue weighted by atomic mass is 9.84. The lowest BCUT2D eigenvalue weighted by molar-refractivity contribution is -0.127. The van der Waals surface area contributed by atoms with E-state index in [0.29, 0.717) is 19.0 Å². The number of nitrogens with two attached hydrogens (primary N) is 1.